The molecule has 1 saturated carbocycles. The number of benzene rings is 1. The van der Waals surface area contributed by atoms with E-state index in [-0.39, 0.29) is 18.0 Å². The van der Waals surface area contributed by atoms with E-state index in [0.717, 1.165) is 41.5 Å². The third-order valence-corrected chi connectivity index (χ3v) is 5.93. The van der Waals surface area contributed by atoms with E-state index in [1.807, 2.05) is 12.1 Å². The van der Waals surface area contributed by atoms with E-state index in [4.69, 9.17) is 20.3 Å². The molecule has 162 valence electrons. The van der Waals surface area contributed by atoms with Crippen molar-refractivity contribution in [3.8, 4) is 22.6 Å². The molecule has 4 aromatic rings. The summed E-state index contributed by atoms with van der Waals surface area (Å²) in [6.07, 6.45) is 8.17. The van der Waals surface area contributed by atoms with Gasteiger partial charge in [0.15, 0.2) is 5.82 Å². The van der Waals surface area contributed by atoms with Crippen molar-refractivity contribution in [1.82, 2.24) is 25.1 Å². The van der Waals surface area contributed by atoms with Gasteiger partial charge in [0.25, 0.3) is 5.89 Å². The quantitative estimate of drug-likeness (QED) is 0.405. The first-order chi connectivity index (χ1) is 15.7. The summed E-state index contributed by atoms with van der Waals surface area (Å²) in [6, 6.07) is 12.0. The Morgan fingerprint density at radius 1 is 1.00 bits per heavy atom. The van der Waals surface area contributed by atoms with Gasteiger partial charge in [-0.25, -0.2) is 15.0 Å². The van der Waals surface area contributed by atoms with Gasteiger partial charge in [-0.3, -0.25) is 0 Å². The topological polar surface area (TPSA) is 136 Å². The number of nitrogens with zero attached hydrogens (tertiary/aromatic N) is 5. The number of nitrogens with one attached hydrogen (secondary N) is 1. The molecule has 9 nitrogen and oxygen atoms in total. The maximum absolute atomic E-state index is 9.00. The first kappa shape index (κ1) is 20.1. The van der Waals surface area contributed by atoms with Crippen LogP contribution in [0.4, 0.5) is 11.8 Å². The van der Waals surface area contributed by atoms with Crippen molar-refractivity contribution in [3.63, 3.8) is 0 Å². The lowest BCUT2D eigenvalue weighted by Crippen LogP contribution is -2.36. The molecule has 0 bridgehead atoms. The maximum Gasteiger partial charge on any atom is 0.258 e. The Morgan fingerprint density at radius 2 is 1.78 bits per heavy atom. The Morgan fingerprint density at radius 3 is 2.47 bits per heavy atom. The number of pyridine rings is 1. The molecular formula is C23H23N7O2. The Hall–Kier alpha value is -3.85. The van der Waals surface area contributed by atoms with Gasteiger partial charge >= 0.3 is 0 Å². The second-order valence-corrected chi connectivity index (χ2v) is 7.85. The van der Waals surface area contributed by atoms with Crippen LogP contribution in [0.15, 0.2) is 59.5 Å². The zero-order valence-corrected chi connectivity index (χ0v) is 17.4. The second-order valence-electron chi connectivity index (χ2n) is 7.85. The van der Waals surface area contributed by atoms with Crippen LogP contribution in [0.25, 0.3) is 22.6 Å². The Balaban J connectivity index is 1.42. The van der Waals surface area contributed by atoms with Gasteiger partial charge in [0, 0.05) is 36.3 Å². The molecule has 0 saturated heterocycles. The number of hydrogen-bond acceptors (Lipinski definition) is 9. The van der Waals surface area contributed by atoms with Crippen molar-refractivity contribution in [2.45, 2.75) is 24.7 Å². The summed E-state index contributed by atoms with van der Waals surface area (Å²) in [5, 5.41) is 16.4. The summed E-state index contributed by atoms with van der Waals surface area (Å²) in [5.41, 5.74) is 9.23. The van der Waals surface area contributed by atoms with Gasteiger partial charge in [-0.05, 0) is 36.1 Å². The Bertz CT molecular complexity index is 1200. The average molecular weight is 429 g/mol. The molecule has 1 fully saturated rings. The third-order valence-electron chi connectivity index (χ3n) is 5.93. The number of aliphatic hydroxyl groups is 1. The van der Waals surface area contributed by atoms with Crippen molar-refractivity contribution < 1.29 is 9.63 Å². The molecule has 3 aromatic heterocycles. The van der Waals surface area contributed by atoms with Gasteiger partial charge in [0.2, 0.25) is 5.95 Å². The number of anilines is 2. The summed E-state index contributed by atoms with van der Waals surface area (Å²) in [5.74, 6) is 2.06. The maximum atomic E-state index is 9.00. The minimum Gasteiger partial charge on any atom is -0.395 e. The number of aromatic nitrogens is 5. The third kappa shape index (κ3) is 3.67. The average Bonchev–Trinajstić information content (AvgIpc) is 3.29. The lowest BCUT2D eigenvalue weighted by atomic mass is 9.64. The molecule has 32 heavy (non-hydrogen) atoms. The molecule has 3 heterocycles. The van der Waals surface area contributed by atoms with Gasteiger partial charge in [-0.2, -0.15) is 4.98 Å². The smallest absolute Gasteiger partial charge is 0.258 e. The van der Waals surface area contributed by atoms with E-state index in [9.17, 15) is 0 Å². The Labute approximate surface area is 184 Å². The normalized spacial score (nSPS) is 14.7. The van der Waals surface area contributed by atoms with Crippen LogP contribution in [-0.2, 0) is 5.41 Å². The van der Waals surface area contributed by atoms with E-state index in [0.29, 0.717) is 24.1 Å². The minimum atomic E-state index is -0.247. The van der Waals surface area contributed by atoms with Gasteiger partial charge in [-0.15, -0.1) is 0 Å². The van der Waals surface area contributed by atoms with Crippen LogP contribution in [0.3, 0.4) is 0 Å². The molecule has 0 spiro atoms. The Kier molecular flexibility index (Phi) is 5.24. The van der Waals surface area contributed by atoms with Gasteiger partial charge < -0.3 is 20.7 Å². The fraction of sp³-hybridized carbons (Fsp3) is 0.261. The molecule has 5 rings (SSSR count). The van der Waals surface area contributed by atoms with Crippen LogP contribution in [0, 0.1) is 0 Å². The molecule has 1 aliphatic rings. The highest BCUT2D eigenvalue weighted by molar-refractivity contribution is 5.63. The van der Waals surface area contributed by atoms with E-state index < -0.39 is 0 Å². The van der Waals surface area contributed by atoms with Gasteiger partial charge in [0.1, 0.15) is 5.82 Å². The molecule has 4 N–H and O–H groups in total. The highest BCUT2D eigenvalue weighted by atomic mass is 16.5. The molecule has 0 unspecified atom stereocenters. The van der Waals surface area contributed by atoms with Crippen molar-refractivity contribution in [1.29, 1.82) is 0 Å². The molecule has 0 aliphatic heterocycles. The zero-order valence-electron chi connectivity index (χ0n) is 17.4. The molecule has 0 atom stereocenters. The van der Waals surface area contributed by atoms with Crippen molar-refractivity contribution in [2.75, 3.05) is 24.2 Å². The van der Waals surface area contributed by atoms with E-state index in [2.05, 4.69) is 49.7 Å². The molecule has 1 aliphatic carbocycles. The first-order valence-corrected chi connectivity index (χ1v) is 10.5. The predicted molar refractivity (Wildman–Crippen MR) is 120 cm³/mol. The number of aliphatic hydroxyl groups excluding tert-OH is 1. The van der Waals surface area contributed by atoms with Gasteiger partial charge in [0.05, 0.1) is 12.0 Å². The van der Waals surface area contributed by atoms with Crippen LogP contribution in [-0.4, -0.2) is 43.4 Å². The van der Waals surface area contributed by atoms with E-state index in [1.54, 1.807) is 18.6 Å². The van der Waals surface area contributed by atoms with Crippen molar-refractivity contribution in [3.05, 3.63) is 66.4 Å². The summed E-state index contributed by atoms with van der Waals surface area (Å²) in [6.45, 7) is 0.455. The summed E-state index contributed by atoms with van der Waals surface area (Å²) in [4.78, 5) is 17.1. The molecule has 1 aromatic carbocycles. The highest BCUT2D eigenvalue weighted by Gasteiger charge is 2.44. The molecule has 0 radical (unpaired) electrons. The fourth-order valence-corrected chi connectivity index (χ4v) is 4.02. The molecule has 9 heteroatoms. The van der Waals surface area contributed by atoms with E-state index >= 15 is 0 Å². The lowest BCUT2D eigenvalue weighted by Gasteiger charge is -2.39. The number of nitrogen functional groups attached to an aromatic ring is 1. The van der Waals surface area contributed by atoms with Crippen LogP contribution < -0.4 is 11.1 Å². The zero-order chi connectivity index (χ0) is 22.0. The standard InChI is InChI=1S/C23H23N7O2/c24-22-27-13-17(14-28-22)15-2-4-18(5-3-15)23(7-1-8-23)21-29-20(32-30-21)16-6-9-25-19(12-16)26-10-11-31/h2-6,9,12-14,31H,1,7-8,10-11H2,(H,25,26)(H2,24,27,28). The lowest BCUT2D eigenvalue weighted by molar-refractivity contribution is 0.273. The number of nitrogens with two attached hydrogens (primary N) is 1. The van der Waals surface area contributed by atoms with E-state index in [1.165, 1.54) is 0 Å². The van der Waals surface area contributed by atoms with Crippen molar-refractivity contribution >= 4 is 11.8 Å². The monoisotopic (exact) mass is 429 g/mol. The van der Waals surface area contributed by atoms with Crippen LogP contribution in [0.2, 0.25) is 0 Å². The number of rotatable bonds is 7. The highest BCUT2D eigenvalue weighted by Crippen LogP contribution is 2.48. The predicted octanol–water partition coefficient (Wildman–Crippen LogP) is 3.05. The summed E-state index contributed by atoms with van der Waals surface area (Å²) < 4.78 is 5.62. The second kappa shape index (κ2) is 8.35. The summed E-state index contributed by atoms with van der Waals surface area (Å²) >= 11 is 0. The van der Waals surface area contributed by atoms with Crippen molar-refractivity contribution in [2.24, 2.45) is 0 Å². The molecular weight excluding hydrogens is 406 g/mol. The SMILES string of the molecule is Nc1ncc(-c2ccc(C3(c4noc(-c5ccnc(NCCO)c5)n4)CCC3)cc2)cn1. The minimum absolute atomic E-state index is 0.0310. The van der Waals surface area contributed by atoms with Crippen LogP contribution in [0.1, 0.15) is 30.7 Å². The number of hydrogen-bond donors (Lipinski definition) is 3. The first-order valence-electron chi connectivity index (χ1n) is 10.5. The summed E-state index contributed by atoms with van der Waals surface area (Å²) in [7, 11) is 0. The largest absolute Gasteiger partial charge is 0.395 e. The van der Waals surface area contributed by atoms with Gasteiger partial charge in [-0.1, -0.05) is 35.8 Å². The molecule has 0 amide bonds. The van der Waals surface area contributed by atoms with Crippen LogP contribution >= 0.6 is 0 Å². The fourth-order valence-electron chi connectivity index (χ4n) is 4.02. The van der Waals surface area contributed by atoms with Crippen LogP contribution in [0.5, 0.6) is 0 Å².